The van der Waals surface area contributed by atoms with E-state index in [0.717, 1.165) is 17.7 Å². The van der Waals surface area contributed by atoms with E-state index >= 15 is 0 Å². The minimum Gasteiger partial charge on any atom is -0.489 e. The highest BCUT2D eigenvalue weighted by atomic mass is 16.5. The Kier molecular flexibility index (Phi) is 6.70. The van der Waals surface area contributed by atoms with Crippen molar-refractivity contribution in [3.8, 4) is 5.75 Å². The van der Waals surface area contributed by atoms with Crippen molar-refractivity contribution >= 4 is 5.91 Å². The van der Waals surface area contributed by atoms with Gasteiger partial charge in [0.15, 0.2) is 0 Å². The second-order valence-corrected chi connectivity index (χ2v) is 7.60. The van der Waals surface area contributed by atoms with Crippen molar-refractivity contribution < 1.29 is 19.7 Å². The van der Waals surface area contributed by atoms with Gasteiger partial charge in [0, 0.05) is 24.1 Å². The summed E-state index contributed by atoms with van der Waals surface area (Å²) in [7, 11) is 0. The molecule has 1 heterocycles. The number of hydrogen-bond donors (Lipinski definition) is 2. The zero-order chi connectivity index (χ0) is 20.0. The van der Waals surface area contributed by atoms with Crippen LogP contribution < -0.4 is 4.74 Å². The van der Waals surface area contributed by atoms with E-state index in [9.17, 15) is 15.0 Å². The number of aliphatic hydroxyl groups is 2. The van der Waals surface area contributed by atoms with Gasteiger partial charge in [-0.3, -0.25) is 4.79 Å². The molecule has 1 amide bonds. The molecule has 3 rings (SSSR count). The Morgan fingerprint density at radius 2 is 1.89 bits per heavy atom. The van der Waals surface area contributed by atoms with Crippen molar-refractivity contribution in [2.24, 2.45) is 5.41 Å². The van der Waals surface area contributed by atoms with Gasteiger partial charge in [-0.05, 0) is 42.7 Å². The van der Waals surface area contributed by atoms with Gasteiger partial charge < -0.3 is 19.8 Å². The molecule has 1 fully saturated rings. The zero-order valence-corrected chi connectivity index (χ0v) is 16.4. The molecule has 150 valence electrons. The third kappa shape index (κ3) is 4.54. The van der Waals surface area contributed by atoms with Gasteiger partial charge in [0.1, 0.15) is 12.4 Å². The first kappa shape index (κ1) is 20.4. The minimum absolute atomic E-state index is 0.0589. The molecule has 1 aliphatic heterocycles. The molecular formula is C23H29NO4. The fourth-order valence-electron chi connectivity index (χ4n) is 3.91. The van der Waals surface area contributed by atoms with Crippen LogP contribution in [0.15, 0.2) is 54.6 Å². The predicted octanol–water partition coefficient (Wildman–Crippen LogP) is 3.25. The molecule has 0 aliphatic carbocycles. The Hall–Kier alpha value is -2.37. The molecule has 0 spiro atoms. The average molecular weight is 383 g/mol. The maximum atomic E-state index is 12.9. The lowest BCUT2D eigenvalue weighted by molar-refractivity contribution is -0.0720. The highest BCUT2D eigenvalue weighted by Crippen LogP contribution is 2.35. The number of carbonyl (C=O) groups is 1. The Labute approximate surface area is 166 Å². The normalized spacial score (nSPS) is 22.1. The van der Waals surface area contributed by atoms with E-state index in [4.69, 9.17) is 4.74 Å². The maximum Gasteiger partial charge on any atom is 0.253 e. The summed E-state index contributed by atoms with van der Waals surface area (Å²) in [4.78, 5) is 14.7. The lowest BCUT2D eigenvalue weighted by Gasteiger charge is -2.45. The number of ether oxygens (including phenoxy) is 1. The summed E-state index contributed by atoms with van der Waals surface area (Å²) in [5.41, 5.74) is 0.986. The quantitative estimate of drug-likeness (QED) is 0.770. The number of aliphatic hydroxyl groups excluding tert-OH is 2. The van der Waals surface area contributed by atoms with E-state index in [1.807, 2.05) is 61.5 Å². The van der Waals surface area contributed by atoms with Crippen LogP contribution in [0, 0.1) is 5.41 Å². The largest absolute Gasteiger partial charge is 0.489 e. The number of carbonyl (C=O) groups excluding carboxylic acids is 1. The van der Waals surface area contributed by atoms with Gasteiger partial charge in [-0.1, -0.05) is 43.7 Å². The molecule has 1 saturated heterocycles. The van der Waals surface area contributed by atoms with E-state index in [2.05, 4.69) is 0 Å². The van der Waals surface area contributed by atoms with Crippen molar-refractivity contribution in [2.45, 2.75) is 38.9 Å². The van der Waals surface area contributed by atoms with Gasteiger partial charge in [0.05, 0.1) is 12.7 Å². The molecule has 0 bridgehead atoms. The summed E-state index contributed by atoms with van der Waals surface area (Å²) in [6, 6.07) is 17.1. The number of amides is 1. The van der Waals surface area contributed by atoms with Crippen LogP contribution in [0.1, 0.15) is 42.1 Å². The fraction of sp³-hybridized carbons (Fsp3) is 0.435. The molecule has 2 aromatic carbocycles. The van der Waals surface area contributed by atoms with E-state index in [1.54, 1.807) is 4.90 Å². The summed E-state index contributed by atoms with van der Waals surface area (Å²) >= 11 is 0. The lowest BCUT2D eigenvalue weighted by atomic mass is 9.74. The first-order valence-corrected chi connectivity index (χ1v) is 9.93. The van der Waals surface area contributed by atoms with Gasteiger partial charge in [0.25, 0.3) is 5.91 Å². The van der Waals surface area contributed by atoms with Crippen molar-refractivity contribution in [1.82, 2.24) is 4.90 Å². The smallest absolute Gasteiger partial charge is 0.253 e. The molecule has 0 unspecified atom stereocenters. The SMILES string of the molecule is CCC[C@]1(CO)CN(C(=O)c2ccc(COc3ccccc3)cc2)CC[C@@H]1O. The van der Waals surface area contributed by atoms with Crippen molar-refractivity contribution in [3.05, 3.63) is 65.7 Å². The van der Waals surface area contributed by atoms with Crippen LogP contribution >= 0.6 is 0 Å². The van der Waals surface area contributed by atoms with Crippen LogP contribution in [0.5, 0.6) is 5.75 Å². The van der Waals surface area contributed by atoms with Crippen LogP contribution in [0.2, 0.25) is 0 Å². The van der Waals surface area contributed by atoms with Gasteiger partial charge in [-0.25, -0.2) is 0 Å². The molecule has 0 radical (unpaired) electrons. The monoisotopic (exact) mass is 383 g/mol. The van der Waals surface area contributed by atoms with Crippen molar-refractivity contribution in [1.29, 1.82) is 0 Å². The number of benzene rings is 2. The predicted molar refractivity (Wildman–Crippen MR) is 108 cm³/mol. The van der Waals surface area contributed by atoms with Crippen molar-refractivity contribution in [2.75, 3.05) is 19.7 Å². The highest BCUT2D eigenvalue weighted by Gasteiger charge is 2.43. The van der Waals surface area contributed by atoms with Gasteiger partial charge in [-0.15, -0.1) is 0 Å². The molecule has 28 heavy (non-hydrogen) atoms. The van der Waals surface area contributed by atoms with Gasteiger partial charge in [-0.2, -0.15) is 0 Å². The van der Waals surface area contributed by atoms with Gasteiger partial charge in [0.2, 0.25) is 0 Å². The first-order chi connectivity index (χ1) is 13.6. The minimum atomic E-state index is -0.619. The molecule has 2 N–H and O–H groups in total. The van der Waals surface area contributed by atoms with Crippen LogP contribution in [0.3, 0.4) is 0 Å². The number of rotatable bonds is 7. The first-order valence-electron chi connectivity index (χ1n) is 9.93. The molecule has 1 aliphatic rings. The number of nitrogens with zero attached hydrogens (tertiary/aromatic N) is 1. The Morgan fingerprint density at radius 3 is 2.54 bits per heavy atom. The topological polar surface area (TPSA) is 70.0 Å². The maximum absolute atomic E-state index is 12.9. The Bertz CT molecular complexity index is 762. The number of piperidine rings is 1. The van der Waals surface area contributed by atoms with Crippen molar-refractivity contribution in [3.63, 3.8) is 0 Å². The zero-order valence-electron chi connectivity index (χ0n) is 16.4. The Morgan fingerprint density at radius 1 is 1.18 bits per heavy atom. The van der Waals surface area contributed by atoms with E-state index in [-0.39, 0.29) is 12.5 Å². The summed E-state index contributed by atoms with van der Waals surface area (Å²) in [6.07, 6.45) is 1.48. The number of likely N-dealkylation sites (tertiary alicyclic amines) is 1. The summed E-state index contributed by atoms with van der Waals surface area (Å²) in [5.74, 6) is 0.752. The number of hydrogen-bond acceptors (Lipinski definition) is 4. The molecule has 5 nitrogen and oxygen atoms in total. The second-order valence-electron chi connectivity index (χ2n) is 7.60. The van der Waals surface area contributed by atoms with E-state index in [1.165, 1.54) is 0 Å². The van der Waals surface area contributed by atoms with Gasteiger partial charge >= 0.3 is 0 Å². The highest BCUT2D eigenvalue weighted by molar-refractivity contribution is 5.94. The average Bonchev–Trinajstić information content (AvgIpc) is 2.74. The van der Waals surface area contributed by atoms with Crippen LogP contribution in [0.25, 0.3) is 0 Å². The van der Waals surface area contributed by atoms with Crippen LogP contribution in [-0.2, 0) is 6.61 Å². The van der Waals surface area contributed by atoms with E-state index in [0.29, 0.717) is 38.1 Å². The second kappa shape index (κ2) is 9.22. The molecular weight excluding hydrogens is 354 g/mol. The third-order valence-corrected chi connectivity index (χ3v) is 5.58. The molecule has 0 saturated carbocycles. The van der Waals surface area contributed by atoms with Crippen LogP contribution in [0.4, 0.5) is 0 Å². The molecule has 2 aromatic rings. The third-order valence-electron chi connectivity index (χ3n) is 5.58. The molecule has 2 atom stereocenters. The van der Waals surface area contributed by atoms with E-state index < -0.39 is 11.5 Å². The summed E-state index contributed by atoms with van der Waals surface area (Å²) in [5, 5.41) is 20.3. The summed E-state index contributed by atoms with van der Waals surface area (Å²) in [6.45, 7) is 3.25. The standard InChI is InChI=1S/C23H29NO4/c1-2-13-23(17-25)16-24(14-12-21(23)26)22(27)19-10-8-18(9-11-19)15-28-20-6-4-3-5-7-20/h3-11,21,25-26H,2,12-17H2,1H3/t21-,23+/m0/s1. The lowest BCUT2D eigenvalue weighted by Crippen LogP contribution is -2.55. The fourth-order valence-corrected chi connectivity index (χ4v) is 3.91. The Balaban J connectivity index is 1.64. The summed E-state index contributed by atoms with van der Waals surface area (Å²) < 4.78 is 5.74. The molecule has 5 heteroatoms. The number of para-hydroxylation sites is 1. The molecule has 0 aromatic heterocycles. The van der Waals surface area contributed by atoms with Crippen LogP contribution in [-0.4, -0.2) is 46.8 Å².